The summed E-state index contributed by atoms with van der Waals surface area (Å²) in [4.78, 5) is 42.3. The largest absolute Gasteiger partial charge is 0.442 e. The van der Waals surface area contributed by atoms with Crippen LogP contribution in [0.25, 0.3) is 0 Å². The first-order valence-corrected chi connectivity index (χ1v) is 22.0. The molecule has 5 rings (SSSR count). The summed E-state index contributed by atoms with van der Waals surface area (Å²) in [5, 5.41) is 0.230. The molecule has 1 unspecified atom stereocenters. The van der Waals surface area contributed by atoms with E-state index in [2.05, 4.69) is 67.5 Å². The zero-order valence-corrected chi connectivity index (χ0v) is 32.7. The maximum absolute atomic E-state index is 13.7. The van der Waals surface area contributed by atoms with Crippen molar-refractivity contribution in [3.8, 4) is 0 Å². The fraction of sp³-hybridized carbons (Fsp3) is 0.842. The number of amides is 2. The summed E-state index contributed by atoms with van der Waals surface area (Å²) in [6, 6.07) is 0. The molecule has 0 aromatic carbocycles. The third-order valence-corrected chi connectivity index (χ3v) is 17.7. The van der Waals surface area contributed by atoms with Gasteiger partial charge < -0.3 is 19.0 Å². The van der Waals surface area contributed by atoms with Gasteiger partial charge in [0, 0.05) is 69.7 Å². The first-order chi connectivity index (χ1) is 22.6. The van der Waals surface area contributed by atoms with Gasteiger partial charge in [0.25, 0.3) is 5.91 Å². The quantitative estimate of drug-likeness (QED) is 0.246. The number of likely N-dealkylation sites (tertiary alicyclic amines) is 2. The van der Waals surface area contributed by atoms with Gasteiger partial charge in [-0.3, -0.25) is 9.69 Å². The second-order valence-corrected chi connectivity index (χ2v) is 22.1. The normalized spacial score (nSPS) is 26.9. The number of unbranched alkanes of at least 4 members (excludes halogenated alkanes) is 1. The zero-order valence-electron chi connectivity index (χ0n) is 31.7. The highest BCUT2D eigenvalue weighted by atomic mass is 28.4. The minimum Gasteiger partial charge on any atom is -0.442 e. The second-order valence-electron chi connectivity index (χ2n) is 17.4. The van der Waals surface area contributed by atoms with Crippen molar-refractivity contribution in [2.75, 3.05) is 39.3 Å². The Labute approximate surface area is 292 Å². The standard InChI is InChI=1S/C38H65N5O4Si/c1-10-11-12-31-26-42(25-30-13-15-32(16-14-30)47-48(8,9)36(4,5)6)35(45)46-38(31)19-23-43(24-20-38)37(7)17-21-41(22-18-37)34(44)33-28(2)39-27-40-29(33)3/h27,30-32H,10-26H2,1-9H3. The highest BCUT2D eigenvalue weighted by Gasteiger charge is 2.52. The lowest BCUT2D eigenvalue weighted by Crippen LogP contribution is -2.64. The van der Waals surface area contributed by atoms with Crippen LogP contribution in [0.2, 0.25) is 18.1 Å². The highest BCUT2D eigenvalue weighted by molar-refractivity contribution is 6.74. The second kappa shape index (κ2) is 14.7. The Morgan fingerprint density at radius 1 is 1.00 bits per heavy atom. The van der Waals surface area contributed by atoms with Crippen molar-refractivity contribution >= 4 is 20.3 Å². The molecule has 4 fully saturated rings. The molecule has 2 amide bonds. The van der Waals surface area contributed by atoms with E-state index >= 15 is 0 Å². The van der Waals surface area contributed by atoms with Gasteiger partial charge in [0.15, 0.2) is 8.32 Å². The van der Waals surface area contributed by atoms with Crippen LogP contribution >= 0.6 is 0 Å². The van der Waals surface area contributed by atoms with Crippen LogP contribution in [0.1, 0.15) is 127 Å². The van der Waals surface area contributed by atoms with Crippen molar-refractivity contribution in [2.24, 2.45) is 11.8 Å². The van der Waals surface area contributed by atoms with Crippen molar-refractivity contribution in [1.82, 2.24) is 24.7 Å². The van der Waals surface area contributed by atoms with Gasteiger partial charge in [-0.25, -0.2) is 14.8 Å². The topological polar surface area (TPSA) is 88.1 Å². The number of hydrogen-bond acceptors (Lipinski definition) is 7. The Morgan fingerprint density at radius 3 is 2.17 bits per heavy atom. The van der Waals surface area contributed by atoms with Crippen LogP contribution in [-0.2, 0) is 9.16 Å². The zero-order chi connectivity index (χ0) is 34.9. The number of ether oxygens (including phenoxy) is 1. The Kier molecular flexibility index (Phi) is 11.4. The first kappa shape index (κ1) is 37.2. The fourth-order valence-electron chi connectivity index (χ4n) is 8.62. The Morgan fingerprint density at radius 2 is 1.60 bits per heavy atom. The van der Waals surface area contributed by atoms with Gasteiger partial charge >= 0.3 is 6.09 Å². The van der Waals surface area contributed by atoms with E-state index in [4.69, 9.17) is 9.16 Å². The van der Waals surface area contributed by atoms with Crippen LogP contribution in [0, 0.1) is 25.7 Å². The van der Waals surface area contributed by atoms with Crippen molar-refractivity contribution < 1.29 is 18.8 Å². The molecule has 48 heavy (non-hydrogen) atoms. The number of nitrogens with zero attached hydrogens (tertiary/aromatic N) is 5. The van der Waals surface area contributed by atoms with Crippen LogP contribution in [0.4, 0.5) is 4.79 Å². The van der Waals surface area contributed by atoms with Gasteiger partial charge in [-0.05, 0) is 89.8 Å². The number of piperidine rings is 2. The molecule has 1 aromatic rings. The van der Waals surface area contributed by atoms with Crippen LogP contribution in [0.5, 0.6) is 0 Å². The molecule has 9 nitrogen and oxygen atoms in total. The number of carbonyl (C=O) groups is 2. The van der Waals surface area contributed by atoms with E-state index in [0.29, 0.717) is 23.5 Å². The van der Waals surface area contributed by atoms with Gasteiger partial charge in [-0.2, -0.15) is 0 Å². The molecular weight excluding hydrogens is 619 g/mol. The van der Waals surface area contributed by atoms with Crippen LogP contribution < -0.4 is 0 Å². The molecule has 270 valence electrons. The summed E-state index contributed by atoms with van der Waals surface area (Å²) in [6.07, 6.45) is 13.4. The lowest BCUT2D eigenvalue weighted by Gasteiger charge is -2.55. The first-order valence-electron chi connectivity index (χ1n) is 19.1. The number of aryl methyl sites for hydroxylation is 2. The van der Waals surface area contributed by atoms with E-state index in [9.17, 15) is 9.59 Å². The maximum atomic E-state index is 13.7. The van der Waals surface area contributed by atoms with Crippen LogP contribution in [-0.4, -0.2) is 101 Å². The Balaban J connectivity index is 1.15. The molecule has 4 aliphatic rings. The number of rotatable bonds is 9. The molecule has 0 bridgehead atoms. The Bertz CT molecular complexity index is 1250. The molecule has 10 heteroatoms. The van der Waals surface area contributed by atoms with E-state index in [0.717, 1.165) is 115 Å². The Hall–Kier alpha value is -2.04. The molecular formula is C38H65N5O4Si. The summed E-state index contributed by atoms with van der Waals surface area (Å²) >= 11 is 0. The number of aromatic nitrogens is 2. The smallest absolute Gasteiger partial charge is 0.410 e. The molecule has 1 spiro atoms. The average molecular weight is 684 g/mol. The molecule has 1 aromatic heterocycles. The highest BCUT2D eigenvalue weighted by Crippen LogP contribution is 2.44. The predicted molar refractivity (Wildman–Crippen MR) is 194 cm³/mol. The van der Waals surface area contributed by atoms with E-state index in [-0.39, 0.29) is 28.2 Å². The molecule has 0 radical (unpaired) electrons. The lowest BCUT2D eigenvalue weighted by atomic mass is 9.74. The van der Waals surface area contributed by atoms with Crippen molar-refractivity contribution in [3.05, 3.63) is 23.3 Å². The third-order valence-electron chi connectivity index (χ3n) is 13.1. The van der Waals surface area contributed by atoms with Crippen molar-refractivity contribution in [1.29, 1.82) is 0 Å². The SMILES string of the molecule is CCCCC1CN(CC2CCC(O[Si](C)(C)C(C)(C)C)CC2)C(=O)OC12CCN(C1(C)CCN(C(=O)c3c(C)ncnc3C)CC1)CC2. The summed E-state index contributed by atoms with van der Waals surface area (Å²) in [5.41, 5.74) is 1.82. The molecule has 1 atom stereocenters. The predicted octanol–water partition coefficient (Wildman–Crippen LogP) is 7.76. The number of carbonyl (C=O) groups excluding carboxylic acids is 2. The summed E-state index contributed by atoms with van der Waals surface area (Å²) in [7, 11) is -1.77. The van der Waals surface area contributed by atoms with Crippen molar-refractivity contribution in [2.45, 2.75) is 154 Å². The van der Waals surface area contributed by atoms with E-state index in [1.807, 2.05) is 18.7 Å². The van der Waals surface area contributed by atoms with Gasteiger partial charge in [-0.1, -0.05) is 40.5 Å². The van der Waals surface area contributed by atoms with Gasteiger partial charge in [0.2, 0.25) is 0 Å². The van der Waals surface area contributed by atoms with Crippen LogP contribution in [0.3, 0.4) is 0 Å². The van der Waals surface area contributed by atoms with E-state index in [1.54, 1.807) is 0 Å². The molecule has 1 saturated carbocycles. The molecule has 4 heterocycles. The van der Waals surface area contributed by atoms with E-state index < -0.39 is 8.32 Å². The lowest BCUT2D eigenvalue weighted by molar-refractivity contribution is -0.134. The minimum absolute atomic E-state index is 0.0342. The average Bonchev–Trinajstić information content (AvgIpc) is 3.02. The molecule has 0 N–H and O–H groups in total. The van der Waals surface area contributed by atoms with Crippen LogP contribution in [0.15, 0.2) is 6.33 Å². The van der Waals surface area contributed by atoms with Gasteiger partial charge in [0.05, 0.1) is 17.0 Å². The molecule has 3 saturated heterocycles. The monoisotopic (exact) mass is 683 g/mol. The van der Waals surface area contributed by atoms with Gasteiger partial charge in [-0.15, -0.1) is 0 Å². The fourth-order valence-corrected chi connectivity index (χ4v) is 10.0. The van der Waals surface area contributed by atoms with Gasteiger partial charge in [0.1, 0.15) is 11.9 Å². The molecule has 3 aliphatic heterocycles. The summed E-state index contributed by atoms with van der Waals surface area (Å²) < 4.78 is 13.3. The maximum Gasteiger partial charge on any atom is 0.410 e. The number of hydrogen-bond donors (Lipinski definition) is 0. The summed E-state index contributed by atoms with van der Waals surface area (Å²) in [5.74, 6) is 0.956. The molecule has 1 aliphatic carbocycles. The third kappa shape index (κ3) is 7.96. The van der Waals surface area contributed by atoms with Crippen molar-refractivity contribution in [3.63, 3.8) is 0 Å². The summed E-state index contributed by atoms with van der Waals surface area (Å²) in [6.45, 7) is 25.1. The minimum atomic E-state index is -1.77. The van der Waals surface area contributed by atoms with E-state index in [1.165, 1.54) is 12.7 Å².